The summed E-state index contributed by atoms with van der Waals surface area (Å²) in [7, 11) is 0. The number of aromatic hydroxyl groups is 1. The molecule has 0 fully saturated rings. The average Bonchev–Trinajstić information content (AvgIpc) is 2.47. The molecule has 0 bridgehead atoms. The molecule has 2 aromatic rings. The summed E-state index contributed by atoms with van der Waals surface area (Å²) in [5.74, 6) is -1.46. The maximum atomic E-state index is 11.7. The Balaban J connectivity index is 1.99. The van der Waals surface area contributed by atoms with Gasteiger partial charge in [0.15, 0.2) is 0 Å². The molecule has 1 amide bonds. The molecule has 0 aromatic heterocycles. The Kier molecular flexibility index (Phi) is 4.30. The third kappa shape index (κ3) is 3.90. The molecule has 6 heteroatoms. The van der Waals surface area contributed by atoms with E-state index in [1.807, 2.05) is 0 Å². The van der Waals surface area contributed by atoms with Crippen LogP contribution < -0.4 is 5.43 Å². The van der Waals surface area contributed by atoms with Crippen molar-refractivity contribution in [2.24, 2.45) is 5.10 Å². The van der Waals surface area contributed by atoms with Crippen LogP contribution in [0.3, 0.4) is 0 Å². The Hall–Kier alpha value is -3.15. The third-order valence-corrected chi connectivity index (χ3v) is 2.65. The van der Waals surface area contributed by atoms with Crippen LogP contribution >= 0.6 is 0 Å². The van der Waals surface area contributed by atoms with Crippen molar-refractivity contribution >= 4 is 18.1 Å². The largest absolute Gasteiger partial charge is 0.508 e. The van der Waals surface area contributed by atoms with Gasteiger partial charge in [0.2, 0.25) is 0 Å². The zero-order valence-corrected chi connectivity index (χ0v) is 10.9. The van der Waals surface area contributed by atoms with E-state index in [1.165, 1.54) is 30.5 Å². The number of nitrogens with one attached hydrogen (secondary N) is 1. The SMILES string of the molecule is O=C(O)c1ccc(/C=N/NC(=O)c2cccc(O)c2)cc1. The molecule has 106 valence electrons. The normalized spacial score (nSPS) is 10.5. The number of hydrogen-bond acceptors (Lipinski definition) is 4. The predicted octanol–water partition coefficient (Wildman–Crippen LogP) is 1.85. The predicted molar refractivity (Wildman–Crippen MR) is 76.6 cm³/mol. The number of nitrogens with zero attached hydrogens (tertiary/aromatic N) is 1. The first kappa shape index (κ1) is 14.3. The van der Waals surface area contributed by atoms with E-state index in [4.69, 9.17) is 5.11 Å². The van der Waals surface area contributed by atoms with E-state index in [0.717, 1.165) is 0 Å². The van der Waals surface area contributed by atoms with E-state index in [0.29, 0.717) is 5.56 Å². The molecule has 2 aromatic carbocycles. The zero-order valence-electron chi connectivity index (χ0n) is 10.9. The van der Waals surface area contributed by atoms with Gasteiger partial charge in [0.25, 0.3) is 5.91 Å². The smallest absolute Gasteiger partial charge is 0.335 e. The fraction of sp³-hybridized carbons (Fsp3) is 0. The Morgan fingerprint density at radius 1 is 1.05 bits per heavy atom. The fourth-order valence-corrected chi connectivity index (χ4v) is 1.59. The van der Waals surface area contributed by atoms with Crippen molar-refractivity contribution in [3.8, 4) is 5.75 Å². The van der Waals surface area contributed by atoms with Gasteiger partial charge >= 0.3 is 5.97 Å². The molecule has 0 aliphatic carbocycles. The molecule has 2 rings (SSSR count). The van der Waals surface area contributed by atoms with Crippen LogP contribution in [-0.2, 0) is 0 Å². The molecule has 0 atom stereocenters. The topological polar surface area (TPSA) is 99.0 Å². The maximum absolute atomic E-state index is 11.7. The second kappa shape index (κ2) is 6.33. The number of carboxylic acid groups (broad SMARTS) is 1. The van der Waals surface area contributed by atoms with E-state index in [2.05, 4.69) is 10.5 Å². The number of aromatic carboxylic acids is 1. The standard InChI is InChI=1S/C15H12N2O4/c18-13-3-1-2-12(8-13)14(19)17-16-9-10-4-6-11(7-5-10)15(20)21/h1-9,18H,(H,17,19)(H,20,21)/b16-9+. The molecule has 0 spiro atoms. The number of hydrogen-bond donors (Lipinski definition) is 3. The van der Waals surface area contributed by atoms with Gasteiger partial charge in [-0.15, -0.1) is 0 Å². The van der Waals surface area contributed by atoms with Gasteiger partial charge in [0, 0.05) is 5.56 Å². The Labute approximate surface area is 120 Å². The van der Waals surface area contributed by atoms with E-state index < -0.39 is 11.9 Å². The highest BCUT2D eigenvalue weighted by Crippen LogP contribution is 2.10. The van der Waals surface area contributed by atoms with Crippen molar-refractivity contribution < 1.29 is 19.8 Å². The number of hydrazone groups is 1. The lowest BCUT2D eigenvalue weighted by Gasteiger charge is -2.00. The fourth-order valence-electron chi connectivity index (χ4n) is 1.59. The van der Waals surface area contributed by atoms with Gasteiger partial charge < -0.3 is 10.2 Å². The van der Waals surface area contributed by atoms with Crippen molar-refractivity contribution in [3.63, 3.8) is 0 Å². The second-order valence-electron chi connectivity index (χ2n) is 4.18. The van der Waals surface area contributed by atoms with E-state index in [-0.39, 0.29) is 16.9 Å². The van der Waals surface area contributed by atoms with Gasteiger partial charge in [-0.05, 0) is 35.9 Å². The number of benzene rings is 2. The minimum absolute atomic E-state index is 0.00381. The summed E-state index contributed by atoms with van der Waals surface area (Å²) in [5.41, 5.74) is 3.43. The van der Waals surface area contributed by atoms with Crippen LogP contribution in [0.4, 0.5) is 0 Å². The molecule has 6 nitrogen and oxygen atoms in total. The highest BCUT2D eigenvalue weighted by Gasteiger charge is 2.04. The van der Waals surface area contributed by atoms with E-state index >= 15 is 0 Å². The first-order chi connectivity index (χ1) is 10.1. The van der Waals surface area contributed by atoms with Crippen LogP contribution in [0.25, 0.3) is 0 Å². The number of phenols is 1. The molecule has 0 saturated heterocycles. The van der Waals surface area contributed by atoms with Crippen molar-refractivity contribution in [3.05, 3.63) is 65.2 Å². The summed E-state index contributed by atoms with van der Waals surface area (Å²) in [5, 5.41) is 21.8. The first-order valence-electron chi connectivity index (χ1n) is 6.02. The quantitative estimate of drug-likeness (QED) is 0.589. The van der Waals surface area contributed by atoms with Crippen LogP contribution in [0, 0.1) is 0 Å². The summed E-state index contributed by atoms with van der Waals surface area (Å²) in [4.78, 5) is 22.4. The minimum Gasteiger partial charge on any atom is -0.508 e. The second-order valence-corrected chi connectivity index (χ2v) is 4.18. The molecular weight excluding hydrogens is 272 g/mol. The van der Waals surface area contributed by atoms with E-state index in [1.54, 1.807) is 24.3 Å². The van der Waals surface area contributed by atoms with Crippen LogP contribution in [0.2, 0.25) is 0 Å². The van der Waals surface area contributed by atoms with Crippen molar-refractivity contribution in [2.45, 2.75) is 0 Å². The van der Waals surface area contributed by atoms with Crippen LogP contribution in [0.5, 0.6) is 5.75 Å². The Morgan fingerprint density at radius 3 is 2.38 bits per heavy atom. The summed E-state index contributed by atoms with van der Waals surface area (Å²) < 4.78 is 0. The van der Waals surface area contributed by atoms with Crippen molar-refractivity contribution in [2.75, 3.05) is 0 Å². The molecule has 3 N–H and O–H groups in total. The number of amides is 1. The lowest BCUT2D eigenvalue weighted by molar-refractivity contribution is 0.0696. The molecule has 0 aliphatic heterocycles. The number of carbonyl (C=O) groups is 2. The molecule has 21 heavy (non-hydrogen) atoms. The van der Waals surface area contributed by atoms with Gasteiger partial charge in [-0.25, -0.2) is 10.2 Å². The molecule has 0 saturated carbocycles. The molecule has 0 heterocycles. The lowest BCUT2D eigenvalue weighted by Crippen LogP contribution is -2.17. The van der Waals surface area contributed by atoms with Crippen LogP contribution in [0.1, 0.15) is 26.3 Å². The van der Waals surface area contributed by atoms with Gasteiger partial charge in [0.05, 0.1) is 11.8 Å². The summed E-state index contributed by atoms with van der Waals surface area (Å²) in [6, 6.07) is 11.9. The zero-order chi connectivity index (χ0) is 15.2. The molecule has 0 radical (unpaired) electrons. The monoisotopic (exact) mass is 284 g/mol. The number of carboxylic acids is 1. The van der Waals surface area contributed by atoms with Gasteiger partial charge in [-0.3, -0.25) is 4.79 Å². The van der Waals surface area contributed by atoms with Gasteiger partial charge in [-0.2, -0.15) is 5.10 Å². The van der Waals surface area contributed by atoms with Gasteiger partial charge in [-0.1, -0.05) is 18.2 Å². The van der Waals surface area contributed by atoms with Crippen LogP contribution in [0.15, 0.2) is 53.6 Å². The number of carbonyl (C=O) groups excluding carboxylic acids is 1. The highest BCUT2D eigenvalue weighted by atomic mass is 16.4. The highest BCUT2D eigenvalue weighted by molar-refractivity contribution is 5.95. The summed E-state index contributed by atoms with van der Waals surface area (Å²) >= 11 is 0. The summed E-state index contributed by atoms with van der Waals surface area (Å²) in [6.07, 6.45) is 1.40. The first-order valence-corrected chi connectivity index (χ1v) is 6.02. The van der Waals surface area contributed by atoms with Crippen molar-refractivity contribution in [1.82, 2.24) is 5.43 Å². The van der Waals surface area contributed by atoms with Crippen molar-refractivity contribution in [1.29, 1.82) is 0 Å². The summed E-state index contributed by atoms with van der Waals surface area (Å²) in [6.45, 7) is 0. The molecule has 0 aliphatic rings. The van der Waals surface area contributed by atoms with Gasteiger partial charge in [0.1, 0.15) is 5.75 Å². The maximum Gasteiger partial charge on any atom is 0.335 e. The Morgan fingerprint density at radius 2 is 1.76 bits per heavy atom. The molecule has 0 unspecified atom stereocenters. The minimum atomic E-state index is -1.00. The van der Waals surface area contributed by atoms with Crippen LogP contribution in [-0.4, -0.2) is 28.3 Å². The van der Waals surface area contributed by atoms with E-state index in [9.17, 15) is 14.7 Å². The lowest BCUT2D eigenvalue weighted by atomic mass is 10.1. The number of rotatable bonds is 4. The third-order valence-electron chi connectivity index (χ3n) is 2.65. The number of phenolic OH excluding ortho intramolecular Hbond substituents is 1. The Bertz CT molecular complexity index is 693. The average molecular weight is 284 g/mol. The molecular formula is C15H12N2O4.